The SMILES string of the molecule is CNCc1cc(S(=O)(=O)N2CC(OC)C(OC)C2)c(C)s1. The Morgan fingerprint density at radius 3 is 2.38 bits per heavy atom. The maximum atomic E-state index is 12.8. The molecule has 2 atom stereocenters. The third-order valence-corrected chi connectivity index (χ3v) is 6.82. The lowest BCUT2D eigenvalue weighted by Gasteiger charge is -2.15. The molecule has 0 aromatic carbocycles. The second-order valence-corrected chi connectivity index (χ2v) is 8.28. The number of nitrogens with one attached hydrogen (secondary N) is 1. The fraction of sp³-hybridized carbons (Fsp3) is 0.692. The number of hydrogen-bond acceptors (Lipinski definition) is 6. The van der Waals surface area contributed by atoms with Crippen LogP contribution < -0.4 is 5.32 Å². The van der Waals surface area contributed by atoms with Crippen molar-refractivity contribution in [2.24, 2.45) is 0 Å². The van der Waals surface area contributed by atoms with E-state index in [0.717, 1.165) is 9.75 Å². The van der Waals surface area contributed by atoms with E-state index < -0.39 is 10.0 Å². The summed E-state index contributed by atoms with van der Waals surface area (Å²) in [6.45, 7) is 3.17. The minimum Gasteiger partial charge on any atom is -0.377 e. The van der Waals surface area contributed by atoms with Gasteiger partial charge in [-0.1, -0.05) is 0 Å². The van der Waals surface area contributed by atoms with E-state index in [1.54, 1.807) is 20.3 Å². The van der Waals surface area contributed by atoms with Gasteiger partial charge in [-0.05, 0) is 20.0 Å². The predicted octanol–water partition coefficient (Wildman–Crippen LogP) is 0.810. The average Bonchev–Trinajstić information content (AvgIpc) is 3.03. The molecule has 0 spiro atoms. The summed E-state index contributed by atoms with van der Waals surface area (Å²) in [5, 5.41) is 3.04. The Balaban J connectivity index is 2.26. The second-order valence-electron chi connectivity index (χ2n) is 5.03. The number of thiophene rings is 1. The highest BCUT2D eigenvalue weighted by molar-refractivity contribution is 7.89. The molecule has 0 saturated carbocycles. The maximum Gasteiger partial charge on any atom is 0.244 e. The minimum atomic E-state index is -3.50. The number of methoxy groups -OCH3 is 2. The van der Waals surface area contributed by atoms with Crippen molar-refractivity contribution in [3.63, 3.8) is 0 Å². The van der Waals surface area contributed by atoms with Crippen LogP contribution in [0.2, 0.25) is 0 Å². The molecule has 8 heteroatoms. The van der Waals surface area contributed by atoms with E-state index in [9.17, 15) is 8.42 Å². The first-order chi connectivity index (χ1) is 9.93. The van der Waals surface area contributed by atoms with Crippen molar-refractivity contribution >= 4 is 21.4 Å². The van der Waals surface area contributed by atoms with Gasteiger partial charge in [0.15, 0.2) is 0 Å². The van der Waals surface area contributed by atoms with Crippen LogP contribution >= 0.6 is 11.3 Å². The van der Waals surface area contributed by atoms with Crippen LogP contribution in [0.5, 0.6) is 0 Å². The van der Waals surface area contributed by atoms with Crippen molar-refractivity contribution in [3.8, 4) is 0 Å². The Hall–Kier alpha value is -0.510. The summed E-state index contributed by atoms with van der Waals surface area (Å²) in [7, 11) is 1.50. The molecule has 1 fully saturated rings. The molecule has 1 aromatic heterocycles. The second kappa shape index (κ2) is 6.72. The van der Waals surface area contributed by atoms with Gasteiger partial charge in [-0.15, -0.1) is 11.3 Å². The zero-order valence-electron chi connectivity index (χ0n) is 12.8. The molecule has 0 radical (unpaired) electrons. The Morgan fingerprint density at radius 2 is 1.90 bits per heavy atom. The standard InChI is InChI=1S/C13H22N2O4S2/c1-9-13(5-10(20-9)6-14-2)21(16,17)15-7-11(18-3)12(8-15)19-4/h5,11-12,14H,6-8H2,1-4H3. The van der Waals surface area contributed by atoms with Gasteiger partial charge in [0, 0.05) is 43.6 Å². The zero-order valence-corrected chi connectivity index (χ0v) is 14.4. The van der Waals surface area contributed by atoms with Gasteiger partial charge in [-0.2, -0.15) is 4.31 Å². The quantitative estimate of drug-likeness (QED) is 0.834. The molecule has 0 amide bonds. The minimum absolute atomic E-state index is 0.222. The molecule has 1 aliphatic rings. The molecule has 0 bridgehead atoms. The van der Waals surface area contributed by atoms with E-state index in [-0.39, 0.29) is 12.2 Å². The molecular formula is C13H22N2O4S2. The van der Waals surface area contributed by atoms with Crippen LogP contribution in [-0.2, 0) is 26.0 Å². The average molecular weight is 334 g/mol. The highest BCUT2D eigenvalue weighted by Crippen LogP contribution is 2.30. The van der Waals surface area contributed by atoms with Crippen molar-refractivity contribution in [1.82, 2.24) is 9.62 Å². The molecule has 1 saturated heterocycles. The van der Waals surface area contributed by atoms with Crippen LogP contribution in [0.1, 0.15) is 9.75 Å². The fourth-order valence-electron chi connectivity index (χ4n) is 2.54. The smallest absolute Gasteiger partial charge is 0.244 e. The third-order valence-electron chi connectivity index (χ3n) is 3.68. The Kier molecular flexibility index (Phi) is 5.39. The van der Waals surface area contributed by atoms with E-state index >= 15 is 0 Å². The lowest BCUT2D eigenvalue weighted by Crippen LogP contribution is -2.30. The van der Waals surface area contributed by atoms with Gasteiger partial charge < -0.3 is 14.8 Å². The fourth-order valence-corrected chi connectivity index (χ4v) is 5.62. The van der Waals surface area contributed by atoms with Gasteiger partial charge in [0.2, 0.25) is 10.0 Å². The number of aryl methyl sites for hydroxylation is 1. The van der Waals surface area contributed by atoms with Crippen LogP contribution in [0, 0.1) is 6.92 Å². The number of ether oxygens (including phenoxy) is 2. The van der Waals surface area contributed by atoms with Crippen LogP contribution in [0.3, 0.4) is 0 Å². The van der Waals surface area contributed by atoms with Crippen molar-refractivity contribution in [2.45, 2.75) is 30.6 Å². The number of sulfonamides is 1. The van der Waals surface area contributed by atoms with Gasteiger partial charge in [0.05, 0.1) is 17.1 Å². The summed E-state index contributed by atoms with van der Waals surface area (Å²) in [6.07, 6.45) is -0.444. The van der Waals surface area contributed by atoms with Gasteiger partial charge >= 0.3 is 0 Å². The summed E-state index contributed by atoms with van der Waals surface area (Å²) >= 11 is 1.51. The molecular weight excluding hydrogens is 312 g/mol. The number of nitrogens with zero attached hydrogens (tertiary/aromatic N) is 1. The van der Waals surface area contributed by atoms with E-state index in [2.05, 4.69) is 5.32 Å². The molecule has 6 nitrogen and oxygen atoms in total. The van der Waals surface area contributed by atoms with Gasteiger partial charge in [0.25, 0.3) is 0 Å². The van der Waals surface area contributed by atoms with Crippen LogP contribution in [-0.4, -0.2) is 59.3 Å². The lowest BCUT2D eigenvalue weighted by atomic mass is 10.3. The molecule has 1 N–H and O–H groups in total. The maximum absolute atomic E-state index is 12.8. The lowest BCUT2D eigenvalue weighted by molar-refractivity contribution is -0.00461. The first kappa shape index (κ1) is 16.9. The molecule has 2 rings (SSSR count). The first-order valence-electron chi connectivity index (χ1n) is 6.73. The predicted molar refractivity (Wildman–Crippen MR) is 82.2 cm³/mol. The molecule has 21 heavy (non-hydrogen) atoms. The molecule has 2 unspecified atom stereocenters. The van der Waals surface area contributed by atoms with Crippen molar-refractivity contribution < 1.29 is 17.9 Å². The topological polar surface area (TPSA) is 67.9 Å². The number of hydrogen-bond donors (Lipinski definition) is 1. The highest BCUT2D eigenvalue weighted by Gasteiger charge is 2.40. The van der Waals surface area contributed by atoms with Crippen LogP contribution in [0.25, 0.3) is 0 Å². The Bertz CT molecular complexity index is 573. The monoisotopic (exact) mass is 334 g/mol. The summed E-state index contributed by atoms with van der Waals surface area (Å²) in [6, 6.07) is 1.76. The van der Waals surface area contributed by atoms with Crippen molar-refractivity contribution in [3.05, 3.63) is 15.8 Å². The van der Waals surface area contributed by atoms with E-state index in [0.29, 0.717) is 24.5 Å². The normalized spacial score (nSPS) is 23.8. The molecule has 2 heterocycles. The summed E-state index contributed by atoms with van der Waals surface area (Å²) in [5.41, 5.74) is 0. The first-order valence-corrected chi connectivity index (χ1v) is 8.99. The highest BCUT2D eigenvalue weighted by atomic mass is 32.2. The largest absolute Gasteiger partial charge is 0.377 e. The van der Waals surface area contributed by atoms with Crippen LogP contribution in [0.4, 0.5) is 0 Å². The Morgan fingerprint density at radius 1 is 1.33 bits per heavy atom. The van der Waals surface area contributed by atoms with Crippen molar-refractivity contribution in [1.29, 1.82) is 0 Å². The molecule has 120 valence electrons. The molecule has 0 aliphatic carbocycles. The summed E-state index contributed by atoms with van der Waals surface area (Å²) in [5.74, 6) is 0. The van der Waals surface area contributed by atoms with E-state index in [4.69, 9.17) is 9.47 Å². The Labute approximate surface area is 130 Å². The van der Waals surface area contributed by atoms with E-state index in [1.165, 1.54) is 15.6 Å². The molecule has 1 aliphatic heterocycles. The molecule has 1 aromatic rings. The van der Waals surface area contributed by atoms with Crippen molar-refractivity contribution in [2.75, 3.05) is 34.4 Å². The number of rotatable bonds is 6. The van der Waals surface area contributed by atoms with Gasteiger partial charge in [-0.25, -0.2) is 8.42 Å². The summed E-state index contributed by atoms with van der Waals surface area (Å²) < 4.78 is 37.7. The summed E-state index contributed by atoms with van der Waals surface area (Å²) in [4.78, 5) is 2.22. The third kappa shape index (κ3) is 3.30. The van der Waals surface area contributed by atoms with Gasteiger partial charge in [0.1, 0.15) is 0 Å². The van der Waals surface area contributed by atoms with Gasteiger partial charge in [-0.3, -0.25) is 0 Å². The van der Waals surface area contributed by atoms with Crippen LogP contribution in [0.15, 0.2) is 11.0 Å². The van der Waals surface area contributed by atoms with E-state index in [1.807, 2.05) is 14.0 Å². The zero-order chi connectivity index (χ0) is 15.6.